The van der Waals surface area contributed by atoms with Crippen LogP contribution < -0.4 is 9.47 Å². The van der Waals surface area contributed by atoms with Gasteiger partial charge < -0.3 is 14.2 Å². The second-order valence-electron chi connectivity index (χ2n) is 6.25. The van der Waals surface area contributed by atoms with Gasteiger partial charge in [0.05, 0.1) is 14.2 Å². The summed E-state index contributed by atoms with van der Waals surface area (Å²) in [7, 11) is 2.78. The lowest BCUT2D eigenvalue weighted by molar-refractivity contribution is -0.134. The number of carbonyl (C=O) groups is 2. The summed E-state index contributed by atoms with van der Waals surface area (Å²) in [5.74, 6) is 0.361. The average Bonchev–Trinajstić information content (AvgIpc) is 3.03. The van der Waals surface area contributed by atoms with E-state index in [1.807, 2.05) is 20.8 Å². The molecule has 0 saturated heterocycles. The molecule has 7 nitrogen and oxygen atoms in total. The van der Waals surface area contributed by atoms with Crippen molar-refractivity contribution < 1.29 is 23.8 Å². The molecule has 0 aliphatic heterocycles. The fourth-order valence-electron chi connectivity index (χ4n) is 2.92. The standard InChI is InChI=1S/C21H20N2O5S/c1-11-18-12(2)22-13(3)23-20(18)29-19(11)21(25)28-15-8-6-14(10-16(15)26-4)7-9-17(24)27-5/h6-10H,1-5H3/b9-7+. The minimum Gasteiger partial charge on any atom is -0.493 e. The largest absolute Gasteiger partial charge is 0.493 e. The second kappa shape index (κ2) is 8.40. The number of rotatable bonds is 5. The maximum absolute atomic E-state index is 12.8. The van der Waals surface area contributed by atoms with Gasteiger partial charge >= 0.3 is 11.9 Å². The molecule has 0 amide bonds. The molecule has 8 heteroatoms. The van der Waals surface area contributed by atoms with Crippen LogP contribution in [-0.4, -0.2) is 36.1 Å². The quantitative estimate of drug-likeness (QED) is 0.355. The van der Waals surface area contributed by atoms with Gasteiger partial charge in [-0.3, -0.25) is 0 Å². The van der Waals surface area contributed by atoms with E-state index in [4.69, 9.17) is 9.47 Å². The fourth-order valence-corrected chi connectivity index (χ4v) is 4.07. The number of hydrogen-bond acceptors (Lipinski definition) is 8. The van der Waals surface area contributed by atoms with Gasteiger partial charge in [-0.15, -0.1) is 11.3 Å². The Morgan fingerprint density at radius 2 is 1.83 bits per heavy atom. The first kappa shape index (κ1) is 20.5. The van der Waals surface area contributed by atoms with E-state index in [-0.39, 0.29) is 5.75 Å². The molecule has 3 aromatic rings. The van der Waals surface area contributed by atoms with Gasteiger partial charge in [0, 0.05) is 17.2 Å². The van der Waals surface area contributed by atoms with Crippen LogP contribution in [0, 0.1) is 20.8 Å². The monoisotopic (exact) mass is 412 g/mol. The summed E-state index contributed by atoms with van der Waals surface area (Å²) in [4.78, 5) is 34.1. The number of aryl methyl sites for hydroxylation is 3. The molecular weight excluding hydrogens is 392 g/mol. The van der Waals surface area contributed by atoms with E-state index in [2.05, 4.69) is 14.7 Å². The van der Waals surface area contributed by atoms with E-state index in [9.17, 15) is 9.59 Å². The van der Waals surface area contributed by atoms with Crippen LogP contribution in [0.3, 0.4) is 0 Å². The van der Waals surface area contributed by atoms with Crippen molar-refractivity contribution >= 4 is 39.6 Å². The number of hydrogen-bond donors (Lipinski definition) is 0. The maximum atomic E-state index is 12.8. The Labute approximate surface area is 172 Å². The zero-order valence-electron chi connectivity index (χ0n) is 16.7. The van der Waals surface area contributed by atoms with Crippen LogP contribution in [0.15, 0.2) is 24.3 Å². The van der Waals surface area contributed by atoms with Gasteiger partial charge in [0.1, 0.15) is 15.5 Å². The van der Waals surface area contributed by atoms with Crippen molar-refractivity contribution in [2.24, 2.45) is 0 Å². The number of ether oxygens (including phenoxy) is 3. The Bertz CT molecular complexity index is 1130. The first-order valence-corrected chi connectivity index (χ1v) is 9.56. The summed E-state index contributed by atoms with van der Waals surface area (Å²) in [6.07, 6.45) is 2.88. The molecular formula is C21H20N2O5S. The highest BCUT2D eigenvalue weighted by Gasteiger charge is 2.21. The third-order valence-corrected chi connectivity index (χ3v) is 5.44. The van der Waals surface area contributed by atoms with Crippen molar-refractivity contribution in [1.29, 1.82) is 0 Å². The lowest BCUT2D eigenvalue weighted by Gasteiger charge is -2.09. The summed E-state index contributed by atoms with van der Waals surface area (Å²) >= 11 is 1.28. The number of thiophene rings is 1. The van der Waals surface area contributed by atoms with Gasteiger partial charge in [-0.05, 0) is 50.1 Å². The van der Waals surface area contributed by atoms with Crippen LogP contribution in [0.1, 0.15) is 32.3 Å². The molecule has 150 valence electrons. The van der Waals surface area contributed by atoms with Crippen molar-refractivity contribution in [3.05, 3.63) is 51.8 Å². The molecule has 2 heterocycles. The summed E-state index contributed by atoms with van der Waals surface area (Å²) in [6, 6.07) is 4.99. The minimum atomic E-state index is -0.487. The highest BCUT2D eigenvalue weighted by molar-refractivity contribution is 7.20. The van der Waals surface area contributed by atoms with E-state index in [1.54, 1.807) is 24.3 Å². The first-order valence-electron chi connectivity index (χ1n) is 8.74. The predicted molar refractivity (Wildman–Crippen MR) is 111 cm³/mol. The van der Waals surface area contributed by atoms with Gasteiger partial charge in [-0.2, -0.15) is 0 Å². The van der Waals surface area contributed by atoms with Crippen LogP contribution in [0.2, 0.25) is 0 Å². The van der Waals surface area contributed by atoms with Crippen molar-refractivity contribution in [2.45, 2.75) is 20.8 Å². The number of aromatic nitrogens is 2. The molecule has 0 aliphatic rings. The van der Waals surface area contributed by atoms with Crippen molar-refractivity contribution in [3.8, 4) is 11.5 Å². The molecule has 0 radical (unpaired) electrons. The van der Waals surface area contributed by atoms with Crippen LogP contribution in [0.25, 0.3) is 16.3 Å². The van der Waals surface area contributed by atoms with E-state index >= 15 is 0 Å². The second-order valence-corrected chi connectivity index (χ2v) is 7.25. The lowest BCUT2D eigenvalue weighted by Crippen LogP contribution is -2.09. The van der Waals surface area contributed by atoms with Crippen molar-refractivity contribution in [1.82, 2.24) is 9.97 Å². The SMILES string of the molecule is COC(=O)/C=C/c1ccc(OC(=O)c2sc3nc(C)nc(C)c3c2C)c(OC)c1. The molecule has 0 N–H and O–H groups in total. The minimum absolute atomic E-state index is 0.281. The number of fused-ring (bicyclic) bond motifs is 1. The van der Waals surface area contributed by atoms with Gasteiger partial charge in [0.15, 0.2) is 11.5 Å². The molecule has 0 aliphatic carbocycles. The van der Waals surface area contributed by atoms with Gasteiger partial charge in [-0.1, -0.05) is 6.07 Å². The third-order valence-electron chi connectivity index (χ3n) is 4.27. The number of carbonyl (C=O) groups excluding carboxylic acids is 2. The van der Waals surface area contributed by atoms with Crippen molar-refractivity contribution in [2.75, 3.05) is 14.2 Å². The number of methoxy groups -OCH3 is 2. The molecule has 0 fully saturated rings. The Morgan fingerprint density at radius 1 is 1.07 bits per heavy atom. The molecule has 3 rings (SSSR count). The number of esters is 2. The highest BCUT2D eigenvalue weighted by Crippen LogP contribution is 2.34. The molecule has 0 saturated carbocycles. The molecule has 0 unspecified atom stereocenters. The van der Waals surface area contributed by atoms with Crippen LogP contribution in [0.4, 0.5) is 0 Å². The fraction of sp³-hybridized carbons (Fsp3) is 0.238. The van der Waals surface area contributed by atoms with Gasteiger partial charge in [-0.25, -0.2) is 19.6 Å². The Balaban J connectivity index is 1.90. The Kier molecular flexibility index (Phi) is 5.93. The van der Waals surface area contributed by atoms with E-state index in [0.29, 0.717) is 22.0 Å². The summed E-state index contributed by atoms with van der Waals surface area (Å²) in [5.41, 5.74) is 2.33. The lowest BCUT2D eigenvalue weighted by atomic mass is 10.1. The van der Waals surface area contributed by atoms with Crippen LogP contribution >= 0.6 is 11.3 Å². The van der Waals surface area contributed by atoms with E-state index in [1.165, 1.54) is 31.6 Å². The van der Waals surface area contributed by atoms with Crippen molar-refractivity contribution in [3.63, 3.8) is 0 Å². The van der Waals surface area contributed by atoms with Gasteiger partial charge in [0.2, 0.25) is 0 Å². The molecule has 0 bridgehead atoms. The smallest absolute Gasteiger partial charge is 0.354 e. The molecule has 29 heavy (non-hydrogen) atoms. The predicted octanol–water partition coefficient (Wildman–Crippen LogP) is 4.03. The Morgan fingerprint density at radius 3 is 2.52 bits per heavy atom. The molecule has 0 atom stereocenters. The zero-order chi connectivity index (χ0) is 21.1. The normalized spacial score (nSPS) is 11.1. The maximum Gasteiger partial charge on any atom is 0.354 e. The first-order chi connectivity index (χ1) is 13.8. The van der Waals surface area contributed by atoms with Gasteiger partial charge in [0.25, 0.3) is 0 Å². The third kappa shape index (κ3) is 4.27. The van der Waals surface area contributed by atoms with Crippen LogP contribution in [-0.2, 0) is 9.53 Å². The topological polar surface area (TPSA) is 87.6 Å². The molecule has 1 aromatic carbocycles. The summed E-state index contributed by atoms with van der Waals surface area (Å²) in [5, 5.41) is 0.878. The number of benzene rings is 1. The molecule has 2 aromatic heterocycles. The number of nitrogens with zero attached hydrogens (tertiary/aromatic N) is 2. The molecule has 0 spiro atoms. The summed E-state index contributed by atoms with van der Waals surface area (Å²) < 4.78 is 15.5. The highest BCUT2D eigenvalue weighted by atomic mass is 32.1. The van der Waals surface area contributed by atoms with E-state index < -0.39 is 11.9 Å². The van der Waals surface area contributed by atoms with E-state index in [0.717, 1.165) is 21.5 Å². The summed E-state index contributed by atoms with van der Waals surface area (Å²) in [6.45, 7) is 5.58. The average molecular weight is 412 g/mol. The van der Waals surface area contributed by atoms with Crippen LogP contribution in [0.5, 0.6) is 11.5 Å². The Hall–Kier alpha value is -3.26. The zero-order valence-corrected chi connectivity index (χ0v) is 17.5.